The Morgan fingerprint density at radius 3 is 2.47 bits per heavy atom. The first kappa shape index (κ1) is 13.5. The zero-order valence-corrected chi connectivity index (χ0v) is 10.7. The van der Waals surface area contributed by atoms with Crippen molar-refractivity contribution in [2.45, 2.75) is 32.3 Å². The van der Waals surface area contributed by atoms with Gasteiger partial charge in [0.25, 0.3) is 5.91 Å². The number of hydrogen-bond donors (Lipinski definition) is 1. The Balaban J connectivity index is 1.84. The molecule has 102 valence electrons. The molecule has 1 atom stereocenters. The molecular formula is C14H16FNO3. The average Bonchev–Trinajstić information content (AvgIpc) is 2.29. The smallest absolute Gasteiger partial charge is 0.309 e. The van der Waals surface area contributed by atoms with Gasteiger partial charge in [0.15, 0.2) is 6.10 Å². The Morgan fingerprint density at radius 2 is 1.95 bits per heavy atom. The molecule has 19 heavy (non-hydrogen) atoms. The first-order valence-corrected chi connectivity index (χ1v) is 6.33. The Morgan fingerprint density at radius 1 is 1.32 bits per heavy atom. The highest BCUT2D eigenvalue weighted by Crippen LogP contribution is 2.27. The average molecular weight is 265 g/mol. The molecule has 1 aromatic rings. The van der Waals surface area contributed by atoms with Gasteiger partial charge >= 0.3 is 5.97 Å². The largest absolute Gasteiger partial charge is 0.452 e. The maximum atomic E-state index is 12.7. The predicted molar refractivity (Wildman–Crippen MR) is 67.9 cm³/mol. The number of benzene rings is 1. The lowest BCUT2D eigenvalue weighted by molar-refractivity contribution is -0.159. The molecular weight excluding hydrogens is 249 g/mol. The second kappa shape index (κ2) is 5.82. The van der Waals surface area contributed by atoms with E-state index >= 15 is 0 Å². The lowest BCUT2D eigenvalue weighted by atomic mass is 9.86. The van der Waals surface area contributed by atoms with Crippen LogP contribution < -0.4 is 5.32 Å². The van der Waals surface area contributed by atoms with Gasteiger partial charge in [0, 0.05) is 5.69 Å². The van der Waals surface area contributed by atoms with Crippen LogP contribution in [-0.2, 0) is 14.3 Å². The number of carbonyl (C=O) groups excluding carboxylic acids is 2. The van der Waals surface area contributed by atoms with Gasteiger partial charge in [0.05, 0.1) is 5.92 Å². The van der Waals surface area contributed by atoms with E-state index in [1.54, 1.807) is 0 Å². The van der Waals surface area contributed by atoms with E-state index in [1.165, 1.54) is 31.2 Å². The van der Waals surface area contributed by atoms with Gasteiger partial charge in [-0.3, -0.25) is 9.59 Å². The van der Waals surface area contributed by atoms with Crippen molar-refractivity contribution < 1.29 is 18.7 Å². The van der Waals surface area contributed by atoms with Crippen molar-refractivity contribution in [3.63, 3.8) is 0 Å². The SMILES string of the molecule is C[C@@H](OC(=O)C1CCC1)C(=O)Nc1ccc(F)cc1. The molecule has 1 aliphatic rings. The number of nitrogens with one attached hydrogen (secondary N) is 1. The Bertz CT molecular complexity index is 468. The molecule has 1 aromatic carbocycles. The van der Waals surface area contributed by atoms with E-state index in [-0.39, 0.29) is 17.7 Å². The van der Waals surface area contributed by atoms with E-state index in [9.17, 15) is 14.0 Å². The number of esters is 1. The maximum absolute atomic E-state index is 12.7. The van der Waals surface area contributed by atoms with Crippen LogP contribution in [0.5, 0.6) is 0 Å². The van der Waals surface area contributed by atoms with Gasteiger partial charge in [-0.05, 0) is 44.0 Å². The van der Waals surface area contributed by atoms with Crippen LogP contribution >= 0.6 is 0 Å². The summed E-state index contributed by atoms with van der Waals surface area (Å²) in [6.07, 6.45) is 1.87. The van der Waals surface area contributed by atoms with Crippen LogP contribution in [-0.4, -0.2) is 18.0 Å². The number of rotatable bonds is 4. The molecule has 0 bridgehead atoms. The highest BCUT2D eigenvalue weighted by atomic mass is 19.1. The minimum atomic E-state index is -0.849. The minimum Gasteiger partial charge on any atom is -0.452 e. The highest BCUT2D eigenvalue weighted by Gasteiger charge is 2.29. The maximum Gasteiger partial charge on any atom is 0.309 e. The second-order valence-electron chi connectivity index (χ2n) is 4.70. The zero-order chi connectivity index (χ0) is 13.8. The molecule has 0 heterocycles. The molecule has 1 N–H and O–H groups in total. The second-order valence-corrected chi connectivity index (χ2v) is 4.70. The fourth-order valence-corrected chi connectivity index (χ4v) is 1.75. The number of hydrogen-bond acceptors (Lipinski definition) is 3. The molecule has 0 unspecified atom stereocenters. The first-order chi connectivity index (χ1) is 9.06. The van der Waals surface area contributed by atoms with Crippen LogP contribution in [0.1, 0.15) is 26.2 Å². The van der Waals surface area contributed by atoms with Crippen LogP contribution in [0.25, 0.3) is 0 Å². The van der Waals surface area contributed by atoms with Crippen molar-refractivity contribution in [3.8, 4) is 0 Å². The lowest BCUT2D eigenvalue weighted by Crippen LogP contribution is -2.34. The predicted octanol–water partition coefficient (Wildman–Crippen LogP) is 2.50. The van der Waals surface area contributed by atoms with E-state index in [1.807, 2.05) is 0 Å². The quantitative estimate of drug-likeness (QED) is 0.851. The van der Waals surface area contributed by atoms with Crippen molar-refractivity contribution in [2.75, 3.05) is 5.32 Å². The summed E-state index contributed by atoms with van der Waals surface area (Å²) >= 11 is 0. The van der Waals surface area contributed by atoms with E-state index in [2.05, 4.69) is 5.32 Å². The third-order valence-electron chi connectivity index (χ3n) is 3.21. The van der Waals surface area contributed by atoms with Gasteiger partial charge in [0.2, 0.25) is 0 Å². The number of ether oxygens (including phenoxy) is 1. The van der Waals surface area contributed by atoms with Gasteiger partial charge < -0.3 is 10.1 Å². The molecule has 2 rings (SSSR count). The van der Waals surface area contributed by atoms with Crippen LogP contribution in [0, 0.1) is 11.7 Å². The molecule has 0 saturated heterocycles. The van der Waals surface area contributed by atoms with Gasteiger partial charge in [-0.25, -0.2) is 4.39 Å². The number of carbonyl (C=O) groups is 2. The summed E-state index contributed by atoms with van der Waals surface area (Å²) in [5.74, 6) is -1.16. The van der Waals surface area contributed by atoms with Gasteiger partial charge in [-0.2, -0.15) is 0 Å². The number of amides is 1. The Hall–Kier alpha value is -1.91. The molecule has 0 radical (unpaired) electrons. The molecule has 1 amide bonds. The molecule has 1 saturated carbocycles. The van der Waals surface area contributed by atoms with E-state index < -0.39 is 12.0 Å². The van der Waals surface area contributed by atoms with Crippen LogP contribution in [0.3, 0.4) is 0 Å². The Kier molecular flexibility index (Phi) is 4.14. The third kappa shape index (κ3) is 3.53. The Labute approximate surface area is 110 Å². The van der Waals surface area contributed by atoms with Crippen LogP contribution in [0.15, 0.2) is 24.3 Å². The third-order valence-corrected chi connectivity index (χ3v) is 3.21. The van der Waals surface area contributed by atoms with Crippen LogP contribution in [0.2, 0.25) is 0 Å². The van der Waals surface area contributed by atoms with E-state index in [0.717, 1.165) is 19.3 Å². The summed E-state index contributed by atoms with van der Waals surface area (Å²) in [5.41, 5.74) is 0.470. The molecule has 1 aliphatic carbocycles. The van der Waals surface area contributed by atoms with Crippen molar-refractivity contribution in [1.82, 2.24) is 0 Å². The van der Waals surface area contributed by atoms with Crippen molar-refractivity contribution >= 4 is 17.6 Å². The standard InChI is InChI=1S/C14H16FNO3/c1-9(19-14(18)10-3-2-4-10)13(17)16-12-7-5-11(15)6-8-12/h5-10H,2-4H2,1H3,(H,16,17)/t9-/m1/s1. The van der Waals surface area contributed by atoms with Crippen molar-refractivity contribution in [3.05, 3.63) is 30.1 Å². The summed E-state index contributed by atoms with van der Waals surface area (Å²) in [7, 11) is 0. The zero-order valence-electron chi connectivity index (χ0n) is 10.7. The number of halogens is 1. The van der Waals surface area contributed by atoms with Crippen molar-refractivity contribution in [2.24, 2.45) is 5.92 Å². The van der Waals surface area contributed by atoms with E-state index in [4.69, 9.17) is 4.74 Å². The van der Waals surface area contributed by atoms with Gasteiger partial charge in [0.1, 0.15) is 5.82 Å². The molecule has 1 fully saturated rings. The fourth-order valence-electron chi connectivity index (χ4n) is 1.75. The lowest BCUT2D eigenvalue weighted by Gasteiger charge is -2.24. The van der Waals surface area contributed by atoms with Crippen molar-refractivity contribution in [1.29, 1.82) is 0 Å². The van der Waals surface area contributed by atoms with E-state index in [0.29, 0.717) is 5.69 Å². The summed E-state index contributed by atoms with van der Waals surface area (Å²) in [6.45, 7) is 1.52. The van der Waals surface area contributed by atoms with Crippen LogP contribution in [0.4, 0.5) is 10.1 Å². The topological polar surface area (TPSA) is 55.4 Å². The minimum absolute atomic E-state index is 0.0546. The summed E-state index contributed by atoms with van der Waals surface area (Å²) < 4.78 is 17.8. The van der Waals surface area contributed by atoms with Gasteiger partial charge in [-0.1, -0.05) is 6.42 Å². The molecule has 0 aliphatic heterocycles. The number of anilines is 1. The normalized spacial score (nSPS) is 16.3. The molecule has 0 spiro atoms. The fraction of sp³-hybridized carbons (Fsp3) is 0.429. The summed E-state index contributed by atoms with van der Waals surface area (Å²) in [5, 5.41) is 2.57. The molecule has 4 nitrogen and oxygen atoms in total. The summed E-state index contributed by atoms with van der Waals surface area (Å²) in [4.78, 5) is 23.4. The molecule has 0 aromatic heterocycles. The van der Waals surface area contributed by atoms with Gasteiger partial charge in [-0.15, -0.1) is 0 Å². The monoisotopic (exact) mass is 265 g/mol. The summed E-state index contributed by atoms with van der Waals surface area (Å²) in [6, 6.07) is 5.41. The highest BCUT2D eigenvalue weighted by molar-refractivity contribution is 5.95. The molecule has 5 heteroatoms. The first-order valence-electron chi connectivity index (χ1n) is 6.33.